The van der Waals surface area contributed by atoms with Crippen molar-refractivity contribution in [3.05, 3.63) is 53.8 Å². The van der Waals surface area contributed by atoms with Gasteiger partial charge in [0.2, 0.25) is 0 Å². The van der Waals surface area contributed by atoms with Gasteiger partial charge in [0, 0.05) is 55.1 Å². The summed E-state index contributed by atoms with van der Waals surface area (Å²) < 4.78 is 24.6. The first-order valence-electron chi connectivity index (χ1n) is 9.89. The molecule has 0 spiro atoms. The Balaban J connectivity index is 0.00000320. The molecule has 2 aromatic rings. The maximum absolute atomic E-state index is 13.9. The molecule has 3 rings (SSSR count). The molecular formula is C22H30FIN4O2. The minimum atomic E-state index is -0.230. The number of nitrogens with one attached hydrogen (secondary N) is 2. The van der Waals surface area contributed by atoms with Crippen molar-refractivity contribution in [3.8, 4) is 11.5 Å². The Morgan fingerprint density at radius 1 is 1.17 bits per heavy atom. The SMILES string of the molecule is CCNC(=NCc1ccccc1F)NC1CCN(c2cc(OC)cc(OC)c2)C1.I. The molecule has 0 saturated carbocycles. The number of aliphatic imine (C=N–C) groups is 1. The number of hydrogen-bond acceptors (Lipinski definition) is 4. The number of ether oxygens (including phenoxy) is 2. The molecule has 6 nitrogen and oxygen atoms in total. The van der Waals surface area contributed by atoms with Crippen LogP contribution in [0.5, 0.6) is 11.5 Å². The summed E-state index contributed by atoms with van der Waals surface area (Å²) in [5.41, 5.74) is 1.65. The Morgan fingerprint density at radius 3 is 2.50 bits per heavy atom. The van der Waals surface area contributed by atoms with Gasteiger partial charge in [-0.25, -0.2) is 9.38 Å². The van der Waals surface area contributed by atoms with Gasteiger partial charge in [0.25, 0.3) is 0 Å². The third kappa shape index (κ3) is 6.38. The summed E-state index contributed by atoms with van der Waals surface area (Å²) in [5, 5.41) is 6.72. The molecule has 1 saturated heterocycles. The summed E-state index contributed by atoms with van der Waals surface area (Å²) in [6.07, 6.45) is 0.976. The van der Waals surface area contributed by atoms with E-state index in [1.165, 1.54) is 6.07 Å². The van der Waals surface area contributed by atoms with E-state index in [1.54, 1.807) is 26.4 Å². The van der Waals surface area contributed by atoms with E-state index < -0.39 is 0 Å². The zero-order valence-electron chi connectivity index (χ0n) is 17.7. The predicted molar refractivity (Wildman–Crippen MR) is 130 cm³/mol. The van der Waals surface area contributed by atoms with Gasteiger partial charge in [-0.15, -0.1) is 24.0 Å². The van der Waals surface area contributed by atoms with E-state index in [-0.39, 0.29) is 35.8 Å². The Bertz CT molecular complexity index is 827. The van der Waals surface area contributed by atoms with E-state index in [0.29, 0.717) is 18.1 Å². The highest BCUT2D eigenvalue weighted by atomic mass is 127. The lowest BCUT2D eigenvalue weighted by atomic mass is 10.2. The van der Waals surface area contributed by atoms with Crippen LogP contribution in [-0.4, -0.2) is 45.9 Å². The number of anilines is 1. The molecule has 8 heteroatoms. The van der Waals surface area contributed by atoms with Crippen LogP contribution < -0.4 is 25.0 Å². The van der Waals surface area contributed by atoms with Crippen LogP contribution in [0, 0.1) is 5.82 Å². The quantitative estimate of drug-likeness (QED) is 0.326. The lowest BCUT2D eigenvalue weighted by molar-refractivity contribution is 0.394. The van der Waals surface area contributed by atoms with Gasteiger partial charge >= 0.3 is 0 Å². The molecule has 0 amide bonds. The summed E-state index contributed by atoms with van der Waals surface area (Å²) in [7, 11) is 3.31. The van der Waals surface area contributed by atoms with Gasteiger partial charge < -0.3 is 25.0 Å². The van der Waals surface area contributed by atoms with Crippen molar-refractivity contribution < 1.29 is 13.9 Å². The molecule has 1 unspecified atom stereocenters. The van der Waals surface area contributed by atoms with Gasteiger partial charge in [-0.2, -0.15) is 0 Å². The summed E-state index contributed by atoms with van der Waals surface area (Å²) in [5.74, 6) is 2.02. The molecule has 0 bridgehead atoms. The third-order valence-corrected chi connectivity index (χ3v) is 4.94. The van der Waals surface area contributed by atoms with E-state index in [0.717, 1.165) is 43.2 Å². The van der Waals surface area contributed by atoms with Crippen molar-refractivity contribution in [2.24, 2.45) is 4.99 Å². The highest BCUT2D eigenvalue weighted by molar-refractivity contribution is 14.0. The fourth-order valence-electron chi connectivity index (χ4n) is 3.39. The van der Waals surface area contributed by atoms with Crippen LogP contribution >= 0.6 is 24.0 Å². The Hall–Kier alpha value is -2.23. The minimum Gasteiger partial charge on any atom is -0.497 e. The molecule has 1 aliphatic rings. The fourth-order valence-corrected chi connectivity index (χ4v) is 3.39. The summed E-state index contributed by atoms with van der Waals surface area (Å²) in [6.45, 7) is 4.81. The predicted octanol–water partition coefficient (Wildman–Crippen LogP) is 3.79. The highest BCUT2D eigenvalue weighted by Gasteiger charge is 2.24. The van der Waals surface area contributed by atoms with Gasteiger partial charge in [-0.05, 0) is 19.4 Å². The smallest absolute Gasteiger partial charge is 0.191 e. The maximum Gasteiger partial charge on any atom is 0.191 e. The van der Waals surface area contributed by atoms with Crippen molar-refractivity contribution in [3.63, 3.8) is 0 Å². The van der Waals surface area contributed by atoms with E-state index in [2.05, 4.69) is 20.5 Å². The fraction of sp³-hybridized carbons (Fsp3) is 0.409. The van der Waals surface area contributed by atoms with Crippen molar-refractivity contribution >= 4 is 35.6 Å². The topological polar surface area (TPSA) is 58.1 Å². The van der Waals surface area contributed by atoms with Gasteiger partial charge in [-0.1, -0.05) is 18.2 Å². The molecule has 1 aliphatic heterocycles. The molecule has 0 aliphatic carbocycles. The average Bonchev–Trinajstić information content (AvgIpc) is 3.21. The highest BCUT2D eigenvalue weighted by Crippen LogP contribution is 2.30. The maximum atomic E-state index is 13.9. The number of methoxy groups -OCH3 is 2. The minimum absolute atomic E-state index is 0. The van der Waals surface area contributed by atoms with Crippen LogP contribution in [0.3, 0.4) is 0 Å². The molecule has 1 atom stereocenters. The van der Waals surface area contributed by atoms with Gasteiger partial charge in [0.05, 0.1) is 20.8 Å². The molecule has 0 aromatic heterocycles. The number of rotatable bonds is 7. The van der Waals surface area contributed by atoms with Gasteiger partial charge in [0.1, 0.15) is 17.3 Å². The van der Waals surface area contributed by atoms with Crippen molar-refractivity contribution in [1.29, 1.82) is 0 Å². The molecule has 2 aromatic carbocycles. The second-order valence-corrected chi connectivity index (χ2v) is 6.93. The van der Waals surface area contributed by atoms with Gasteiger partial charge in [-0.3, -0.25) is 0 Å². The standard InChI is InChI=1S/C22H29FN4O2.HI/c1-4-24-22(25-14-16-7-5-6-8-21(16)23)26-17-9-10-27(15-17)18-11-19(28-2)13-20(12-18)29-3;/h5-8,11-13,17H,4,9-10,14-15H2,1-3H3,(H2,24,25,26);1H. The van der Waals surface area contributed by atoms with Crippen LogP contribution in [0.4, 0.5) is 10.1 Å². The summed E-state index contributed by atoms with van der Waals surface area (Å²) >= 11 is 0. The zero-order chi connectivity index (χ0) is 20.6. The monoisotopic (exact) mass is 528 g/mol. The van der Waals surface area contributed by atoms with Gasteiger partial charge in [0.15, 0.2) is 5.96 Å². The van der Waals surface area contributed by atoms with Crippen LogP contribution in [0.1, 0.15) is 18.9 Å². The van der Waals surface area contributed by atoms with Crippen LogP contribution in [0.25, 0.3) is 0 Å². The second-order valence-electron chi connectivity index (χ2n) is 6.93. The van der Waals surface area contributed by atoms with Crippen molar-refractivity contribution in [2.45, 2.75) is 25.9 Å². The van der Waals surface area contributed by atoms with Crippen molar-refractivity contribution in [1.82, 2.24) is 10.6 Å². The number of guanidine groups is 1. The largest absolute Gasteiger partial charge is 0.497 e. The van der Waals surface area contributed by atoms with Crippen LogP contribution in [0.15, 0.2) is 47.5 Å². The first-order chi connectivity index (χ1) is 14.1. The summed E-state index contributed by atoms with van der Waals surface area (Å²) in [6, 6.07) is 12.9. The number of nitrogens with zero attached hydrogens (tertiary/aromatic N) is 2. The van der Waals surface area contributed by atoms with E-state index in [1.807, 2.05) is 31.2 Å². The third-order valence-electron chi connectivity index (χ3n) is 4.94. The summed E-state index contributed by atoms with van der Waals surface area (Å²) in [4.78, 5) is 6.85. The number of hydrogen-bond donors (Lipinski definition) is 2. The molecule has 1 heterocycles. The molecule has 30 heavy (non-hydrogen) atoms. The van der Waals surface area contributed by atoms with Crippen LogP contribution in [-0.2, 0) is 6.54 Å². The normalized spacial score (nSPS) is 16.1. The molecule has 1 fully saturated rings. The molecule has 0 radical (unpaired) electrons. The lowest BCUT2D eigenvalue weighted by Gasteiger charge is -2.21. The van der Waals surface area contributed by atoms with E-state index in [4.69, 9.17) is 9.47 Å². The number of benzene rings is 2. The van der Waals surface area contributed by atoms with Crippen LogP contribution in [0.2, 0.25) is 0 Å². The Morgan fingerprint density at radius 2 is 1.87 bits per heavy atom. The van der Waals surface area contributed by atoms with Crippen molar-refractivity contribution in [2.75, 3.05) is 38.8 Å². The Kier molecular flexibility index (Phi) is 9.48. The zero-order valence-corrected chi connectivity index (χ0v) is 20.0. The van der Waals surface area contributed by atoms with E-state index >= 15 is 0 Å². The molecular weight excluding hydrogens is 498 g/mol. The second kappa shape index (κ2) is 11.8. The lowest BCUT2D eigenvalue weighted by Crippen LogP contribution is -2.44. The first-order valence-corrected chi connectivity index (χ1v) is 9.89. The first kappa shape index (κ1) is 24.0. The molecule has 164 valence electrons. The van der Waals surface area contributed by atoms with E-state index in [9.17, 15) is 4.39 Å². The Labute approximate surface area is 194 Å². The molecule has 2 N–H and O–H groups in total. The average molecular weight is 528 g/mol. The number of halogens is 2.